The molecule has 1 heterocycles. The number of rotatable bonds is 6. The summed E-state index contributed by atoms with van der Waals surface area (Å²) in [7, 11) is 0. The molecule has 0 spiro atoms. The van der Waals surface area contributed by atoms with Gasteiger partial charge in [-0.25, -0.2) is 4.98 Å². The Labute approximate surface area is 144 Å². The first-order valence-electron chi connectivity index (χ1n) is 8.49. The van der Waals surface area contributed by atoms with Crippen molar-refractivity contribution in [3.8, 4) is 0 Å². The number of carbonyl (C=O) groups is 1. The summed E-state index contributed by atoms with van der Waals surface area (Å²) in [5.41, 5.74) is 4.29. The van der Waals surface area contributed by atoms with Crippen LogP contribution in [0.2, 0.25) is 0 Å². The summed E-state index contributed by atoms with van der Waals surface area (Å²) in [5, 5.41) is 6.29. The number of benzene rings is 1. The lowest BCUT2D eigenvalue weighted by atomic mass is 9.98. The Morgan fingerprint density at radius 2 is 1.88 bits per heavy atom. The van der Waals surface area contributed by atoms with E-state index in [-0.39, 0.29) is 5.91 Å². The summed E-state index contributed by atoms with van der Waals surface area (Å²) in [5.74, 6) is 1.57. The van der Waals surface area contributed by atoms with Crippen molar-refractivity contribution in [3.05, 3.63) is 47.7 Å². The zero-order chi connectivity index (χ0) is 17.7. The van der Waals surface area contributed by atoms with E-state index in [4.69, 9.17) is 0 Å². The molecule has 2 aromatic rings. The van der Waals surface area contributed by atoms with Gasteiger partial charge < -0.3 is 10.6 Å². The normalized spacial score (nSPS) is 11.0. The molecular weight excluding hydrogens is 298 g/mol. The van der Waals surface area contributed by atoms with Crippen LogP contribution in [0, 0.1) is 12.8 Å². The summed E-state index contributed by atoms with van der Waals surface area (Å²) >= 11 is 0. The highest BCUT2D eigenvalue weighted by Crippen LogP contribution is 2.29. The van der Waals surface area contributed by atoms with E-state index in [1.807, 2.05) is 26.0 Å². The maximum Gasteiger partial charge on any atom is 0.224 e. The van der Waals surface area contributed by atoms with Crippen molar-refractivity contribution < 1.29 is 4.79 Å². The topological polar surface area (TPSA) is 54.0 Å². The van der Waals surface area contributed by atoms with Crippen LogP contribution in [-0.4, -0.2) is 10.9 Å². The second kappa shape index (κ2) is 7.95. The molecule has 24 heavy (non-hydrogen) atoms. The molecule has 0 aliphatic carbocycles. The third kappa shape index (κ3) is 4.82. The van der Waals surface area contributed by atoms with E-state index in [2.05, 4.69) is 54.6 Å². The van der Waals surface area contributed by atoms with Crippen LogP contribution in [0.1, 0.15) is 51.2 Å². The quantitative estimate of drug-likeness (QED) is 0.763. The third-order valence-electron chi connectivity index (χ3n) is 3.82. The monoisotopic (exact) mass is 325 g/mol. The number of para-hydroxylation sites is 1. The van der Waals surface area contributed by atoms with Crippen molar-refractivity contribution >= 4 is 23.1 Å². The van der Waals surface area contributed by atoms with Crippen molar-refractivity contribution in [2.24, 2.45) is 5.92 Å². The number of anilines is 3. The summed E-state index contributed by atoms with van der Waals surface area (Å²) in [4.78, 5) is 16.2. The van der Waals surface area contributed by atoms with Crippen LogP contribution >= 0.6 is 0 Å². The molecule has 1 aromatic heterocycles. The van der Waals surface area contributed by atoms with Gasteiger partial charge in [0.05, 0.1) is 11.9 Å². The number of hydrogen-bond acceptors (Lipinski definition) is 3. The number of aryl methyl sites for hydroxylation is 1. The highest BCUT2D eigenvalue weighted by atomic mass is 16.1. The highest BCUT2D eigenvalue weighted by Gasteiger charge is 2.10. The Bertz CT molecular complexity index is 691. The van der Waals surface area contributed by atoms with Crippen molar-refractivity contribution in [2.75, 3.05) is 10.6 Å². The van der Waals surface area contributed by atoms with Gasteiger partial charge in [0, 0.05) is 12.1 Å². The van der Waals surface area contributed by atoms with Gasteiger partial charge in [-0.05, 0) is 42.0 Å². The fourth-order valence-electron chi connectivity index (χ4n) is 2.59. The zero-order valence-electron chi connectivity index (χ0n) is 15.2. The molecule has 4 heteroatoms. The van der Waals surface area contributed by atoms with Crippen LogP contribution < -0.4 is 10.6 Å². The second-order valence-electron chi connectivity index (χ2n) is 6.90. The SMILES string of the molecule is Cc1cccc(C(C)C)c1Nc1ccc(NC(=O)CC(C)C)cn1. The van der Waals surface area contributed by atoms with E-state index in [9.17, 15) is 4.79 Å². The Balaban J connectivity index is 2.11. The number of hydrogen-bond donors (Lipinski definition) is 2. The number of pyridine rings is 1. The number of aromatic nitrogens is 1. The molecule has 128 valence electrons. The molecule has 4 nitrogen and oxygen atoms in total. The predicted octanol–water partition coefficient (Wildman–Crippen LogP) is 5.24. The molecule has 2 rings (SSSR count). The summed E-state index contributed by atoms with van der Waals surface area (Å²) < 4.78 is 0. The third-order valence-corrected chi connectivity index (χ3v) is 3.82. The predicted molar refractivity (Wildman–Crippen MR) is 101 cm³/mol. The summed E-state index contributed by atoms with van der Waals surface area (Å²) in [6.45, 7) is 10.5. The maximum atomic E-state index is 11.8. The standard InChI is InChI=1S/C20H27N3O/c1-13(2)11-19(24)22-16-9-10-18(21-12-16)23-20-15(5)7-6-8-17(20)14(3)4/h6-10,12-14H,11H2,1-5H3,(H,21,23)(H,22,24). The van der Waals surface area contributed by atoms with Crippen LogP contribution in [0.4, 0.5) is 17.2 Å². The molecule has 0 bridgehead atoms. The van der Waals surface area contributed by atoms with Crippen LogP contribution in [0.5, 0.6) is 0 Å². The number of carbonyl (C=O) groups excluding carboxylic acids is 1. The van der Waals surface area contributed by atoms with E-state index in [1.165, 1.54) is 11.1 Å². The van der Waals surface area contributed by atoms with Gasteiger partial charge in [-0.15, -0.1) is 0 Å². The molecule has 0 unspecified atom stereocenters. The van der Waals surface area contributed by atoms with Gasteiger partial charge in [-0.2, -0.15) is 0 Å². The molecule has 0 radical (unpaired) electrons. The van der Waals surface area contributed by atoms with Crippen molar-refractivity contribution in [1.29, 1.82) is 0 Å². The largest absolute Gasteiger partial charge is 0.340 e. The number of nitrogens with one attached hydrogen (secondary N) is 2. The first-order chi connectivity index (χ1) is 11.4. The van der Waals surface area contributed by atoms with E-state index in [0.717, 1.165) is 17.2 Å². The fraction of sp³-hybridized carbons (Fsp3) is 0.400. The molecular formula is C20H27N3O. The summed E-state index contributed by atoms with van der Waals surface area (Å²) in [6, 6.07) is 10.1. The van der Waals surface area contributed by atoms with E-state index in [0.29, 0.717) is 18.3 Å². The lowest BCUT2D eigenvalue weighted by Crippen LogP contribution is -2.14. The van der Waals surface area contributed by atoms with Gasteiger partial charge in [0.2, 0.25) is 5.91 Å². The van der Waals surface area contributed by atoms with Crippen LogP contribution in [0.3, 0.4) is 0 Å². The van der Waals surface area contributed by atoms with Gasteiger partial charge in [0.25, 0.3) is 0 Å². The molecule has 0 aliphatic rings. The highest BCUT2D eigenvalue weighted by molar-refractivity contribution is 5.90. The van der Waals surface area contributed by atoms with Crippen molar-refractivity contribution in [1.82, 2.24) is 4.98 Å². The minimum atomic E-state index is 0.0218. The van der Waals surface area contributed by atoms with E-state index >= 15 is 0 Å². The van der Waals surface area contributed by atoms with Crippen molar-refractivity contribution in [2.45, 2.75) is 47.0 Å². The molecule has 0 saturated carbocycles. The Morgan fingerprint density at radius 1 is 1.12 bits per heavy atom. The zero-order valence-corrected chi connectivity index (χ0v) is 15.2. The van der Waals surface area contributed by atoms with Gasteiger partial charge >= 0.3 is 0 Å². The lowest BCUT2D eigenvalue weighted by molar-refractivity contribution is -0.116. The number of amides is 1. The first kappa shape index (κ1) is 18.0. The van der Waals surface area contributed by atoms with Crippen LogP contribution in [0.15, 0.2) is 36.5 Å². The maximum absolute atomic E-state index is 11.8. The molecule has 1 aromatic carbocycles. The van der Waals surface area contributed by atoms with E-state index in [1.54, 1.807) is 6.20 Å². The minimum Gasteiger partial charge on any atom is -0.340 e. The molecule has 0 atom stereocenters. The van der Waals surface area contributed by atoms with Gasteiger partial charge in [0.15, 0.2) is 0 Å². The van der Waals surface area contributed by atoms with Gasteiger partial charge in [0.1, 0.15) is 5.82 Å². The Morgan fingerprint density at radius 3 is 2.46 bits per heavy atom. The molecule has 0 saturated heterocycles. The molecule has 0 fully saturated rings. The molecule has 0 aliphatic heterocycles. The molecule has 1 amide bonds. The smallest absolute Gasteiger partial charge is 0.224 e. The van der Waals surface area contributed by atoms with Crippen LogP contribution in [0.25, 0.3) is 0 Å². The summed E-state index contributed by atoms with van der Waals surface area (Å²) in [6.07, 6.45) is 2.20. The fourth-order valence-corrected chi connectivity index (χ4v) is 2.59. The average molecular weight is 325 g/mol. The van der Waals surface area contributed by atoms with Gasteiger partial charge in [-0.3, -0.25) is 4.79 Å². The van der Waals surface area contributed by atoms with Crippen LogP contribution in [-0.2, 0) is 4.79 Å². The lowest BCUT2D eigenvalue weighted by Gasteiger charge is -2.17. The number of nitrogens with zero attached hydrogens (tertiary/aromatic N) is 1. The Kier molecular flexibility index (Phi) is 5.96. The van der Waals surface area contributed by atoms with Crippen molar-refractivity contribution in [3.63, 3.8) is 0 Å². The Hall–Kier alpha value is -2.36. The van der Waals surface area contributed by atoms with Gasteiger partial charge in [-0.1, -0.05) is 45.9 Å². The van der Waals surface area contributed by atoms with E-state index < -0.39 is 0 Å². The second-order valence-corrected chi connectivity index (χ2v) is 6.90. The average Bonchev–Trinajstić information content (AvgIpc) is 2.50. The first-order valence-corrected chi connectivity index (χ1v) is 8.49. The minimum absolute atomic E-state index is 0.0218. The molecule has 2 N–H and O–H groups in total.